The van der Waals surface area contributed by atoms with Crippen LogP contribution < -0.4 is 9.64 Å². The molecule has 0 heterocycles. The second kappa shape index (κ2) is 6.79. The van der Waals surface area contributed by atoms with E-state index in [1.807, 2.05) is 25.1 Å². The van der Waals surface area contributed by atoms with Gasteiger partial charge in [0.25, 0.3) is 0 Å². The van der Waals surface area contributed by atoms with Gasteiger partial charge in [-0.25, -0.2) is 9.98 Å². The number of anilines is 1. The Morgan fingerprint density at radius 3 is 2.50 bits per heavy atom. The van der Waals surface area contributed by atoms with E-state index in [9.17, 15) is 0 Å². The summed E-state index contributed by atoms with van der Waals surface area (Å²) in [5.41, 5.74) is 1.92. The molecule has 4 heteroatoms. The maximum Gasteiger partial charge on any atom is 0.142 e. The van der Waals surface area contributed by atoms with Crippen LogP contribution in [0.4, 0.5) is 11.4 Å². The molecule has 0 saturated carbocycles. The maximum atomic E-state index is 5.39. The minimum atomic E-state index is 0.658. The summed E-state index contributed by atoms with van der Waals surface area (Å²) in [6.07, 6.45) is 0. The van der Waals surface area contributed by atoms with Gasteiger partial charge in [-0.3, -0.25) is 0 Å². The van der Waals surface area contributed by atoms with Crippen LogP contribution in [-0.4, -0.2) is 32.8 Å². The second-order valence-corrected chi connectivity index (χ2v) is 3.85. The summed E-state index contributed by atoms with van der Waals surface area (Å²) >= 11 is 0. The van der Waals surface area contributed by atoms with Crippen molar-refractivity contribution in [3.63, 3.8) is 0 Å². The highest BCUT2D eigenvalue weighted by molar-refractivity contribution is 5.86. The summed E-state index contributed by atoms with van der Waals surface area (Å²) in [5, 5.41) is 0. The van der Waals surface area contributed by atoms with Gasteiger partial charge in [-0.05, 0) is 45.7 Å². The van der Waals surface area contributed by atoms with Gasteiger partial charge >= 0.3 is 0 Å². The average Bonchev–Trinajstić information content (AvgIpc) is 2.40. The molecule has 0 fully saturated rings. The summed E-state index contributed by atoms with van der Waals surface area (Å²) in [6.45, 7) is 11.4. The van der Waals surface area contributed by atoms with E-state index in [1.54, 1.807) is 7.11 Å². The van der Waals surface area contributed by atoms with Crippen molar-refractivity contribution in [2.45, 2.75) is 20.8 Å². The lowest BCUT2D eigenvalue weighted by molar-refractivity contribution is 0.414. The predicted molar refractivity (Wildman–Crippen MR) is 78.9 cm³/mol. The molecule has 4 nitrogen and oxygen atoms in total. The lowest BCUT2D eigenvalue weighted by atomic mass is 10.2. The number of benzene rings is 1. The molecule has 0 bridgehead atoms. The molecule has 0 saturated heterocycles. The first-order chi connectivity index (χ1) is 8.65. The SMILES string of the molecule is C=NC(C)=Nc1ccc(OC)c(N(CC)CC)c1. The smallest absolute Gasteiger partial charge is 0.142 e. The molecule has 0 aliphatic carbocycles. The first-order valence-corrected chi connectivity index (χ1v) is 6.11. The van der Waals surface area contributed by atoms with Crippen molar-refractivity contribution in [2.75, 3.05) is 25.1 Å². The van der Waals surface area contributed by atoms with Gasteiger partial charge < -0.3 is 9.64 Å². The molecule has 0 radical (unpaired) electrons. The highest BCUT2D eigenvalue weighted by atomic mass is 16.5. The number of amidine groups is 1. The van der Waals surface area contributed by atoms with E-state index in [4.69, 9.17) is 4.74 Å². The van der Waals surface area contributed by atoms with Crippen molar-refractivity contribution in [3.05, 3.63) is 18.2 Å². The van der Waals surface area contributed by atoms with Gasteiger partial charge in [-0.2, -0.15) is 0 Å². The third-order valence-electron chi connectivity index (χ3n) is 2.79. The van der Waals surface area contributed by atoms with Crippen molar-refractivity contribution in [1.29, 1.82) is 0 Å². The Labute approximate surface area is 109 Å². The predicted octanol–water partition coefficient (Wildman–Crippen LogP) is 3.29. The first kappa shape index (κ1) is 14.2. The molecule has 0 unspecified atom stereocenters. The van der Waals surface area contributed by atoms with Crippen LogP contribution in [0, 0.1) is 0 Å². The highest BCUT2D eigenvalue weighted by Crippen LogP contribution is 2.32. The Hall–Kier alpha value is -1.84. The molecule has 0 amide bonds. The quantitative estimate of drug-likeness (QED) is 0.591. The molecule has 1 rings (SSSR count). The Balaban J connectivity index is 3.20. The molecular formula is C14H21N3O. The summed E-state index contributed by atoms with van der Waals surface area (Å²) in [4.78, 5) is 10.4. The van der Waals surface area contributed by atoms with Crippen molar-refractivity contribution in [3.8, 4) is 5.75 Å². The summed E-state index contributed by atoms with van der Waals surface area (Å²) in [5.74, 6) is 1.52. The van der Waals surface area contributed by atoms with Gasteiger partial charge in [-0.15, -0.1) is 0 Å². The molecule has 0 aliphatic rings. The van der Waals surface area contributed by atoms with Crippen LogP contribution in [0.25, 0.3) is 0 Å². The van der Waals surface area contributed by atoms with Crippen molar-refractivity contribution < 1.29 is 4.74 Å². The van der Waals surface area contributed by atoms with E-state index in [0.717, 1.165) is 30.2 Å². The van der Waals surface area contributed by atoms with Gasteiger partial charge in [0, 0.05) is 13.1 Å². The van der Waals surface area contributed by atoms with E-state index in [1.165, 1.54) is 0 Å². The van der Waals surface area contributed by atoms with Crippen LogP contribution in [0.1, 0.15) is 20.8 Å². The molecule has 1 aromatic carbocycles. The lowest BCUT2D eigenvalue weighted by Crippen LogP contribution is -2.22. The fourth-order valence-corrected chi connectivity index (χ4v) is 1.78. The van der Waals surface area contributed by atoms with Gasteiger partial charge in [0.15, 0.2) is 0 Å². The molecule has 18 heavy (non-hydrogen) atoms. The van der Waals surface area contributed by atoms with Crippen LogP contribution in [0.3, 0.4) is 0 Å². The number of nitrogens with zero attached hydrogens (tertiary/aromatic N) is 3. The van der Waals surface area contributed by atoms with Crippen molar-refractivity contribution in [1.82, 2.24) is 0 Å². The minimum Gasteiger partial charge on any atom is -0.495 e. The zero-order chi connectivity index (χ0) is 13.5. The van der Waals surface area contributed by atoms with Crippen molar-refractivity contribution in [2.24, 2.45) is 9.98 Å². The Morgan fingerprint density at radius 1 is 1.33 bits per heavy atom. The highest BCUT2D eigenvalue weighted by Gasteiger charge is 2.09. The molecular weight excluding hydrogens is 226 g/mol. The number of aliphatic imine (C=N–C) groups is 2. The molecule has 98 valence electrons. The topological polar surface area (TPSA) is 37.2 Å². The van der Waals surface area contributed by atoms with Gasteiger partial charge in [0.2, 0.25) is 0 Å². The van der Waals surface area contributed by atoms with Crippen LogP contribution in [0.2, 0.25) is 0 Å². The van der Waals surface area contributed by atoms with E-state index < -0.39 is 0 Å². The lowest BCUT2D eigenvalue weighted by Gasteiger charge is -2.23. The van der Waals surface area contributed by atoms with Gasteiger partial charge in [-0.1, -0.05) is 0 Å². The van der Waals surface area contributed by atoms with Crippen LogP contribution in [-0.2, 0) is 0 Å². The Bertz CT molecular complexity index is 437. The largest absolute Gasteiger partial charge is 0.495 e. The number of ether oxygens (including phenoxy) is 1. The molecule has 0 atom stereocenters. The fourth-order valence-electron chi connectivity index (χ4n) is 1.78. The van der Waals surface area contributed by atoms with E-state index >= 15 is 0 Å². The molecule has 1 aromatic rings. The third-order valence-corrected chi connectivity index (χ3v) is 2.79. The first-order valence-electron chi connectivity index (χ1n) is 6.11. The van der Waals surface area contributed by atoms with E-state index in [0.29, 0.717) is 5.84 Å². The number of hydrogen-bond acceptors (Lipinski definition) is 3. The Morgan fingerprint density at radius 2 is 2.00 bits per heavy atom. The van der Waals surface area contributed by atoms with E-state index in [2.05, 4.69) is 35.4 Å². The molecule has 0 aliphatic heterocycles. The standard InChI is InChI=1S/C14H21N3O/c1-6-17(7-2)13-10-12(16-11(3)15-4)8-9-14(13)18-5/h8-10H,4,6-7H2,1-3,5H3. The van der Waals surface area contributed by atoms with E-state index in [-0.39, 0.29) is 0 Å². The van der Waals surface area contributed by atoms with Crippen molar-refractivity contribution >= 4 is 23.9 Å². The summed E-state index contributed by atoms with van der Waals surface area (Å²) < 4.78 is 5.39. The molecule has 0 spiro atoms. The molecule has 0 N–H and O–H groups in total. The van der Waals surface area contributed by atoms with Crippen LogP contribution in [0.5, 0.6) is 5.75 Å². The summed E-state index contributed by atoms with van der Waals surface area (Å²) in [6, 6.07) is 5.86. The van der Waals surface area contributed by atoms with Gasteiger partial charge in [0.05, 0.1) is 18.5 Å². The van der Waals surface area contributed by atoms with Gasteiger partial charge in [0.1, 0.15) is 11.6 Å². The fraction of sp³-hybridized carbons (Fsp3) is 0.429. The third kappa shape index (κ3) is 3.32. The normalized spacial score (nSPS) is 11.2. The zero-order valence-corrected chi connectivity index (χ0v) is 11.6. The monoisotopic (exact) mass is 247 g/mol. The maximum absolute atomic E-state index is 5.39. The van der Waals surface area contributed by atoms with Crippen LogP contribution in [0.15, 0.2) is 28.2 Å². The Kier molecular flexibility index (Phi) is 5.36. The summed E-state index contributed by atoms with van der Waals surface area (Å²) in [7, 11) is 1.68. The van der Waals surface area contributed by atoms with Crippen LogP contribution >= 0.6 is 0 Å². The number of rotatable bonds is 5. The number of hydrogen-bond donors (Lipinski definition) is 0. The minimum absolute atomic E-state index is 0.658. The molecule has 0 aromatic heterocycles. The number of methoxy groups -OCH3 is 1. The average molecular weight is 247 g/mol. The zero-order valence-electron chi connectivity index (χ0n) is 11.6. The second-order valence-electron chi connectivity index (χ2n) is 3.85.